The van der Waals surface area contributed by atoms with Gasteiger partial charge in [0, 0.05) is 6.54 Å². The van der Waals surface area contributed by atoms with Crippen LogP contribution in [0.1, 0.15) is 25.0 Å². The van der Waals surface area contributed by atoms with Gasteiger partial charge in [0.05, 0.1) is 12.1 Å². The van der Waals surface area contributed by atoms with Crippen LogP contribution < -0.4 is 10.0 Å². The van der Waals surface area contributed by atoms with Gasteiger partial charge >= 0.3 is 0 Å². The second-order valence-corrected chi connectivity index (χ2v) is 6.43. The van der Waals surface area contributed by atoms with Crippen molar-refractivity contribution in [3.8, 4) is 0 Å². The van der Waals surface area contributed by atoms with Crippen molar-refractivity contribution in [3.63, 3.8) is 0 Å². The minimum atomic E-state index is -3.52. The van der Waals surface area contributed by atoms with E-state index in [9.17, 15) is 13.5 Å². The number of sulfonamides is 1. The minimum absolute atomic E-state index is 0.0934. The summed E-state index contributed by atoms with van der Waals surface area (Å²) in [5.74, 6) is 0.534. The van der Waals surface area contributed by atoms with Crippen LogP contribution in [-0.2, 0) is 16.6 Å². The van der Waals surface area contributed by atoms with Crippen molar-refractivity contribution in [2.45, 2.75) is 36.5 Å². The number of hydrogen-bond donors (Lipinski definition) is 3. The second kappa shape index (κ2) is 5.00. The Labute approximate surface area is 106 Å². The molecule has 1 saturated carbocycles. The molecule has 3 N–H and O–H groups in total. The maximum absolute atomic E-state index is 11.4. The normalized spacial score (nSPS) is 18.6. The van der Waals surface area contributed by atoms with Gasteiger partial charge in [-0.05, 0) is 38.4 Å². The first-order valence-electron chi connectivity index (χ1n) is 5.91. The minimum Gasteiger partial charge on any atom is -0.447 e. The van der Waals surface area contributed by atoms with Crippen LogP contribution >= 0.6 is 0 Å². The molecule has 0 saturated heterocycles. The van der Waals surface area contributed by atoms with Crippen LogP contribution in [0.3, 0.4) is 0 Å². The van der Waals surface area contributed by atoms with Gasteiger partial charge in [0.15, 0.2) is 0 Å². The molecule has 18 heavy (non-hydrogen) atoms. The summed E-state index contributed by atoms with van der Waals surface area (Å²) < 4.78 is 30.3. The average Bonchev–Trinajstić information content (AvgIpc) is 2.76. The van der Waals surface area contributed by atoms with E-state index in [-0.39, 0.29) is 5.09 Å². The summed E-state index contributed by atoms with van der Waals surface area (Å²) in [6.07, 6.45) is 2.69. The zero-order chi connectivity index (χ0) is 13.2. The van der Waals surface area contributed by atoms with Crippen LogP contribution in [0.4, 0.5) is 0 Å². The van der Waals surface area contributed by atoms with Gasteiger partial charge in [-0.25, -0.2) is 13.1 Å². The third-order valence-corrected chi connectivity index (χ3v) is 4.49. The van der Waals surface area contributed by atoms with Crippen LogP contribution in [-0.4, -0.2) is 32.7 Å². The van der Waals surface area contributed by atoms with Crippen molar-refractivity contribution in [1.82, 2.24) is 10.0 Å². The highest BCUT2D eigenvalue weighted by atomic mass is 32.2. The summed E-state index contributed by atoms with van der Waals surface area (Å²) in [7, 11) is -2.18. The van der Waals surface area contributed by atoms with Gasteiger partial charge in [-0.3, -0.25) is 0 Å². The summed E-state index contributed by atoms with van der Waals surface area (Å²) in [6, 6.07) is 3.03. The highest BCUT2D eigenvalue weighted by Gasteiger charge is 2.33. The summed E-state index contributed by atoms with van der Waals surface area (Å²) in [5.41, 5.74) is -0.591. The zero-order valence-corrected chi connectivity index (χ0v) is 11.1. The van der Waals surface area contributed by atoms with Gasteiger partial charge in [-0.2, -0.15) is 0 Å². The highest BCUT2D eigenvalue weighted by molar-refractivity contribution is 7.89. The molecular formula is C11H18N2O4S. The molecule has 1 heterocycles. The fraction of sp³-hybridized carbons (Fsp3) is 0.636. The SMILES string of the molecule is CNS(=O)(=O)c1ccc(CNCC2(O)CCC2)o1. The van der Waals surface area contributed by atoms with E-state index in [1.807, 2.05) is 0 Å². The fourth-order valence-electron chi connectivity index (χ4n) is 1.88. The van der Waals surface area contributed by atoms with E-state index < -0.39 is 15.6 Å². The monoisotopic (exact) mass is 274 g/mol. The van der Waals surface area contributed by atoms with Crippen molar-refractivity contribution < 1.29 is 17.9 Å². The lowest BCUT2D eigenvalue weighted by Gasteiger charge is -2.36. The molecule has 0 bridgehead atoms. The van der Waals surface area contributed by atoms with Crippen molar-refractivity contribution in [1.29, 1.82) is 0 Å². The summed E-state index contributed by atoms with van der Waals surface area (Å²) in [6.45, 7) is 0.906. The lowest BCUT2D eigenvalue weighted by atomic mass is 9.80. The molecule has 7 heteroatoms. The smallest absolute Gasteiger partial charge is 0.273 e. The number of furan rings is 1. The molecule has 1 fully saturated rings. The van der Waals surface area contributed by atoms with Crippen LogP contribution in [0.15, 0.2) is 21.6 Å². The summed E-state index contributed by atoms with van der Waals surface area (Å²) >= 11 is 0. The Bertz CT molecular complexity index is 505. The van der Waals surface area contributed by atoms with Crippen molar-refractivity contribution in [3.05, 3.63) is 17.9 Å². The first-order chi connectivity index (χ1) is 8.45. The fourth-order valence-corrected chi connectivity index (χ4v) is 2.54. The number of rotatable bonds is 6. The average molecular weight is 274 g/mol. The molecule has 1 aromatic rings. The van der Waals surface area contributed by atoms with Crippen LogP contribution in [0, 0.1) is 0 Å². The number of nitrogens with one attached hydrogen (secondary N) is 2. The summed E-state index contributed by atoms with van der Waals surface area (Å²) in [5, 5.41) is 12.8. The molecule has 0 spiro atoms. The first-order valence-corrected chi connectivity index (χ1v) is 7.39. The molecule has 0 amide bonds. The molecule has 0 radical (unpaired) electrons. The Hall–Kier alpha value is -0.890. The van der Waals surface area contributed by atoms with Crippen molar-refractivity contribution in [2.75, 3.05) is 13.6 Å². The molecule has 0 aliphatic heterocycles. The first kappa shape index (κ1) is 13.5. The van der Waals surface area contributed by atoms with E-state index in [4.69, 9.17) is 4.42 Å². The van der Waals surface area contributed by atoms with E-state index in [2.05, 4.69) is 10.0 Å². The van der Waals surface area contributed by atoms with Gasteiger partial charge in [-0.15, -0.1) is 0 Å². The lowest BCUT2D eigenvalue weighted by molar-refractivity contribution is -0.0317. The second-order valence-electron chi connectivity index (χ2n) is 4.61. The van der Waals surface area contributed by atoms with Gasteiger partial charge in [0.25, 0.3) is 10.0 Å². The molecular weight excluding hydrogens is 256 g/mol. The quantitative estimate of drug-likeness (QED) is 0.689. The Balaban J connectivity index is 1.87. The predicted octanol–water partition coefficient (Wildman–Crippen LogP) is 0.192. The van der Waals surface area contributed by atoms with E-state index in [1.54, 1.807) is 6.07 Å². The Kier molecular flexibility index (Phi) is 3.76. The topological polar surface area (TPSA) is 91.6 Å². The van der Waals surface area contributed by atoms with E-state index in [0.29, 0.717) is 18.8 Å². The van der Waals surface area contributed by atoms with Crippen LogP contribution in [0.2, 0.25) is 0 Å². The molecule has 6 nitrogen and oxygen atoms in total. The summed E-state index contributed by atoms with van der Waals surface area (Å²) in [4.78, 5) is 0. The van der Waals surface area contributed by atoms with E-state index >= 15 is 0 Å². The van der Waals surface area contributed by atoms with E-state index in [0.717, 1.165) is 19.3 Å². The number of hydrogen-bond acceptors (Lipinski definition) is 5. The van der Waals surface area contributed by atoms with Gasteiger partial charge in [0.2, 0.25) is 5.09 Å². The van der Waals surface area contributed by atoms with Gasteiger partial charge in [-0.1, -0.05) is 0 Å². The maximum atomic E-state index is 11.4. The molecule has 0 unspecified atom stereocenters. The molecule has 102 valence electrons. The highest BCUT2D eigenvalue weighted by Crippen LogP contribution is 2.30. The third-order valence-electron chi connectivity index (χ3n) is 3.21. The molecule has 0 aromatic carbocycles. The van der Waals surface area contributed by atoms with Gasteiger partial charge in [0.1, 0.15) is 5.76 Å². The predicted molar refractivity (Wildman–Crippen MR) is 65.5 cm³/mol. The molecule has 2 rings (SSSR count). The Morgan fingerprint density at radius 2 is 2.17 bits per heavy atom. The Morgan fingerprint density at radius 1 is 1.44 bits per heavy atom. The van der Waals surface area contributed by atoms with Gasteiger partial charge < -0.3 is 14.8 Å². The maximum Gasteiger partial charge on any atom is 0.273 e. The standard InChI is InChI=1S/C11H18N2O4S/c1-12-18(15,16)10-4-3-9(17-10)7-13-8-11(14)5-2-6-11/h3-4,12-14H,2,5-8H2,1H3. The lowest BCUT2D eigenvalue weighted by Crippen LogP contribution is -2.45. The van der Waals surface area contributed by atoms with Crippen molar-refractivity contribution >= 4 is 10.0 Å². The van der Waals surface area contributed by atoms with Crippen molar-refractivity contribution in [2.24, 2.45) is 0 Å². The molecule has 1 aliphatic rings. The van der Waals surface area contributed by atoms with E-state index in [1.165, 1.54) is 13.1 Å². The largest absolute Gasteiger partial charge is 0.447 e. The third kappa shape index (κ3) is 2.92. The molecule has 1 aromatic heterocycles. The Morgan fingerprint density at radius 3 is 2.72 bits per heavy atom. The number of aliphatic hydroxyl groups is 1. The molecule has 1 aliphatic carbocycles. The van der Waals surface area contributed by atoms with Crippen LogP contribution in [0.25, 0.3) is 0 Å². The zero-order valence-electron chi connectivity index (χ0n) is 10.3. The van der Waals surface area contributed by atoms with Crippen LogP contribution in [0.5, 0.6) is 0 Å². The molecule has 0 atom stereocenters.